The van der Waals surface area contributed by atoms with Crippen molar-refractivity contribution >= 4 is 33.6 Å². The summed E-state index contributed by atoms with van der Waals surface area (Å²) in [7, 11) is 1.20. The van der Waals surface area contributed by atoms with Gasteiger partial charge in [0, 0.05) is 12.1 Å². The summed E-state index contributed by atoms with van der Waals surface area (Å²) in [5.74, 6) is -0.678. The Hall–Kier alpha value is -3.22. The molecule has 0 unspecified atom stereocenters. The van der Waals surface area contributed by atoms with Gasteiger partial charge >= 0.3 is 5.97 Å². The second kappa shape index (κ2) is 4.96. The lowest BCUT2D eigenvalue weighted by molar-refractivity contribution is -0.384. The van der Waals surface area contributed by atoms with Crippen LogP contribution in [0, 0.1) is 10.1 Å². The molecule has 0 bridgehead atoms. The van der Waals surface area contributed by atoms with Crippen molar-refractivity contribution in [2.75, 3.05) is 7.11 Å². The van der Waals surface area contributed by atoms with Gasteiger partial charge in [-0.05, 0) is 18.2 Å². The first kappa shape index (κ1) is 13.7. The van der Waals surface area contributed by atoms with Crippen LogP contribution < -0.4 is 5.43 Å². The number of hydrogen-bond acceptors (Lipinski definition) is 6. The van der Waals surface area contributed by atoms with E-state index in [-0.39, 0.29) is 33.2 Å². The second-order valence-corrected chi connectivity index (χ2v) is 4.54. The Labute approximate surface area is 122 Å². The van der Waals surface area contributed by atoms with Crippen LogP contribution in [-0.2, 0) is 4.74 Å². The maximum absolute atomic E-state index is 12.6. The van der Waals surface area contributed by atoms with Gasteiger partial charge in [-0.25, -0.2) is 4.79 Å². The van der Waals surface area contributed by atoms with Crippen molar-refractivity contribution in [1.82, 2.24) is 0 Å². The molecule has 0 saturated carbocycles. The van der Waals surface area contributed by atoms with Gasteiger partial charge in [0.05, 0.1) is 28.4 Å². The molecule has 0 aliphatic carbocycles. The molecule has 0 atom stereocenters. The number of nitro benzene ring substituents is 1. The normalized spacial score (nSPS) is 10.8. The third-order valence-corrected chi connectivity index (χ3v) is 3.30. The highest BCUT2D eigenvalue weighted by Crippen LogP contribution is 2.24. The summed E-state index contributed by atoms with van der Waals surface area (Å²) in [6.45, 7) is 0. The van der Waals surface area contributed by atoms with Crippen molar-refractivity contribution in [3.8, 4) is 0 Å². The van der Waals surface area contributed by atoms with Crippen LogP contribution in [0.1, 0.15) is 10.4 Å². The molecule has 3 aromatic rings. The molecule has 0 aliphatic rings. The molecule has 22 heavy (non-hydrogen) atoms. The molecule has 7 nitrogen and oxygen atoms in total. The minimum Gasteiger partial charge on any atom is -0.465 e. The molecule has 0 fully saturated rings. The molecule has 3 rings (SSSR count). The van der Waals surface area contributed by atoms with Crippen LogP contribution in [0.3, 0.4) is 0 Å². The number of ether oxygens (including phenoxy) is 1. The number of fused-ring (bicyclic) bond motifs is 2. The number of methoxy groups -OCH3 is 1. The van der Waals surface area contributed by atoms with Crippen molar-refractivity contribution in [3.63, 3.8) is 0 Å². The Morgan fingerprint density at radius 2 is 2.00 bits per heavy atom. The predicted molar refractivity (Wildman–Crippen MR) is 78.0 cm³/mol. The molecule has 0 aliphatic heterocycles. The lowest BCUT2D eigenvalue weighted by Crippen LogP contribution is -2.10. The second-order valence-electron chi connectivity index (χ2n) is 4.54. The highest BCUT2D eigenvalue weighted by atomic mass is 16.6. The van der Waals surface area contributed by atoms with Crippen LogP contribution in [-0.4, -0.2) is 18.0 Å². The van der Waals surface area contributed by atoms with E-state index in [2.05, 4.69) is 4.74 Å². The number of rotatable bonds is 2. The van der Waals surface area contributed by atoms with Crippen LogP contribution in [0.15, 0.2) is 45.6 Å². The van der Waals surface area contributed by atoms with E-state index in [1.54, 1.807) is 12.1 Å². The maximum Gasteiger partial charge on any atom is 0.338 e. The molecular formula is C15H9NO6. The molecule has 0 radical (unpaired) electrons. The van der Waals surface area contributed by atoms with Gasteiger partial charge in [0.1, 0.15) is 11.2 Å². The van der Waals surface area contributed by atoms with Crippen LogP contribution in [0.4, 0.5) is 5.69 Å². The lowest BCUT2D eigenvalue weighted by atomic mass is 10.1. The summed E-state index contributed by atoms with van der Waals surface area (Å²) in [4.78, 5) is 34.6. The summed E-state index contributed by atoms with van der Waals surface area (Å²) in [6.07, 6.45) is 0. The van der Waals surface area contributed by atoms with E-state index in [4.69, 9.17) is 4.42 Å². The first-order chi connectivity index (χ1) is 10.5. The molecule has 1 heterocycles. The quantitative estimate of drug-likeness (QED) is 0.312. The first-order valence-corrected chi connectivity index (χ1v) is 6.25. The minimum atomic E-state index is -0.678. The van der Waals surface area contributed by atoms with Gasteiger partial charge in [0.2, 0.25) is 5.43 Å². The fraction of sp³-hybridized carbons (Fsp3) is 0.0667. The smallest absolute Gasteiger partial charge is 0.338 e. The van der Waals surface area contributed by atoms with E-state index >= 15 is 0 Å². The van der Waals surface area contributed by atoms with Gasteiger partial charge in [-0.2, -0.15) is 0 Å². The zero-order valence-electron chi connectivity index (χ0n) is 11.4. The first-order valence-electron chi connectivity index (χ1n) is 6.25. The Kier molecular flexibility index (Phi) is 3.10. The lowest BCUT2D eigenvalue weighted by Gasteiger charge is -2.05. The van der Waals surface area contributed by atoms with E-state index in [0.717, 1.165) is 6.07 Å². The average molecular weight is 299 g/mol. The van der Waals surface area contributed by atoms with Crippen molar-refractivity contribution in [2.24, 2.45) is 0 Å². The van der Waals surface area contributed by atoms with Gasteiger partial charge in [0.25, 0.3) is 5.69 Å². The van der Waals surface area contributed by atoms with Gasteiger partial charge < -0.3 is 9.15 Å². The van der Waals surface area contributed by atoms with Crippen LogP contribution in [0.2, 0.25) is 0 Å². The number of nitro groups is 1. The van der Waals surface area contributed by atoms with E-state index in [9.17, 15) is 19.7 Å². The average Bonchev–Trinajstić information content (AvgIpc) is 2.53. The highest BCUT2D eigenvalue weighted by Gasteiger charge is 2.18. The number of non-ortho nitro benzene ring substituents is 1. The fourth-order valence-corrected chi connectivity index (χ4v) is 2.28. The summed E-state index contributed by atoms with van der Waals surface area (Å²) < 4.78 is 10.2. The number of nitrogens with zero attached hydrogens (tertiary/aromatic N) is 1. The Morgan fingerprint density at radius 3 is 2.68 bits per heavy atom. The molecule has 2 aromatic carbocycles. The molecule has 1 aromatic heterocycles. The summed E-state index contributed by atoms with van der Waals surface area (Å²) in [5, 5.41) is 10.9. The largest absolute Gasteiger partial charge is 0.465 e. The summed E-state index contributed by atoms with van der Waals surface area (Å²) in [5.41, 5.74) is -0.253. The van der Waals surface area contributed by atoms with E-state index in [1.807, 2.05) is 0 Å². The van der Waals surface area contributed by atoms with Crippen molar-refractivity contribution < 1.29 is 18.9 Å². The Morgan fingerprint density at radius 1 is 1.23 bits per heavy atom. The number of esters is 1. The molecule has 0 saturated heterocycles. The Balaban J connectivity index is 2.47. The minimum absolute atomic E-state index is 0.0399. The number of carbonyl (C=O) groups excluding carboxylic acids is 1. The van der Waals surface area contributed by atoms with Crippen molar-refractivity contribution in [1.29, 1.82) is 0 Å². The van der Waals surface area contributed by atoms with Gasteiger partial charge in [-0.1, -0.05) is 6.07 Å². The number of benzene rings is 2. The van der Waals surface area contributed by atoms with Crippen LogP contribution in [0.5, 0.6) is 0 Å². The van der Waals surface area contributed by atoms with Crippen LogP contribution in [0.25, 0.3) is 21.9 Å². The number of carbonyl (C=O) groups is 1. The van der Waals surface area contributed by atoms with Crippen molar-refractivity contribution in [2.45, 2.75) is 0 Å². The van der Waals surface area contributed by atoms with Crippen LogP contribution >= 0.6 is 0 Å². The third kappa shape index (κ3) is 1.99. The Bertz CT molecular complexity index is 988. The molecule has 7 heteroatoms. The monoisotopic (exact) mass is 299 g/mol. The topological polar surface area (TPSA) is 99.7 Å². The highest BCUT2D eigenvalue weighted by molar-refractivity contribution is 6.05. The zero-order chi connectivity index (χ0) is 15.9. The molecule has 0 spiro atoms. The zero-order valence-corrected chi connectivity index (χ0v) is 11.4. The summed E-state index contributed by atoms with van der Waals surface area (Å²) in [6, 6.07) is 8.29. The van der Waals surface area contributed by atoms with E-state index in [1.165, 1.54) is 25.3 Å². The van der Waals surface area contributed by atoms with E-state index < -0.39 is 16.3 Å². The molecule has 0 amide bonds. The van der Waals surface area contributed by atoms with Gasteiger partial charge in [0.15, 0.2) is 0 Å². The maximum atomic E-state index is 12.6. The SMILES string of the molecule is COC(=O)c1cccc2oc3ccc([N+](=O)[O-])cc3c(=O)c12. The third-order valence-electron chi connectivity index (χ3n) is 3.30. The fourth-order valence-electron chi connectivity index (χ4n) is 2.28. The van der Waals surface area contributed by atoms with E-state index in [0.29, 0.717) is 0 Å². The van der Waals surface area contributed by atoms with Gasteiger partial charge in [-0.3, -0.25) is 14.9 Å². The van der Waals surface area contributed by atoms with Crippen molar-refractivity contribution in [3.05, 3.63) is 62.3 Å². The van der Waals surface area contributed by atoms with Gasteiger partial charge in [-0.15, -0.1) is 0 Å². The summed E-state index contributed by atoms with van der Waals surface area (Å²) >= 11 is 0. The molecular weight excluding hydrogens is 290 g/mol. The predicted octanol–water partition coefficient (Wildman–Crippen LogP) is 2.64. The molecule has 110 valence electrons. The standard InChI is InChI=1S/C15H9NO6/c1-21-15(18)9-3-2-4-12-13(9)14(17)10-7-8(16(19)20)5-6-11(10)22-12/h2-7H,1H3. The number of hydrogen-bond donors (Lipinski definition) is 0. The molecule has 0 N–H and O–H groups in total.